The number of hydrogen-bond acceptors (Lipinski definition) is 7. The van der Waals surface area contributed by atoms with Crippen LogP contribution in [0.5, 0.6) is 11.5 Å². The number of nitrogens with zero attached hydrogens (tertiary/aromatic N) is 3. The molecule has 3 rings (SSSR count). The van der Waals surface area contributed by atoms with Crippen molar-refractivity contribution >= 4 is 15.7 Å². The van der Waals surface area contributed by atoms with Gasteiger partial charge in [0.05, 0.1) is 19.1 Å². The standard InChI is InChI=1S/C19H23N3O6S/c1-27-16-8-7-15(18(13-16)28-2)14-20-9-11-21(12-10-20)29(25,26)19-6-4-3-5-17(19)22(23)24/h3-8,13H,9-12,14H2,1-2H3. The smallest absolute Gasteiger partial charge is 0.289 e. The molecule has 2 aromatic rings. The van der Waals surface area contributed by atoms with Crippen LogP contribution in [0.2, 0.25) is 0 Å². The van der Waals surface area contributed by atoms with E-state index in [4.69, 9.17) is 9.47 Å². The molecule has 0 unspecified atom stereocenters. The van der Waals surface area contributed by atoms with E-state index in [1.807, 2.05) is 18.2 Å². The fraction of sp³-hybridized carbons (Fsp3) is 0.368. The Balaban J connectivity index is 1.70. The molecule has 1 heterocycles. The number of piperazine rings is 1. The van der Waals surface area contributed by atoms with Crippen LogP contribution in [0.4, 0.5) is 5.69 Å². The molecule has 2 aromatic carbocycles. The van der Waals surface area contributed by atoms with Gasteiger partial charge in [0, 0.05) is 50.4 Å². The van der Waals surface area contributed by atoms with Crippen LogP contribution < -0.4 is 9.47 Å². The van der Waals surface area contributed by atoms with E-state index >= 15 is 0 Å². The van der Waals surface area contributed by atoms with Crippen molar-refractivity contribution in [3.05, 3.63) is 58.1 Å². The SMILES string of the molecule is COc1ccc(CN2CCN(S(=O)(=O)c3ccccc3[N+](=O)[O-])CC2)c(OC)c1. The number of hydrogen-bond donors (Lipinski definition) is 0. The fourth-order valence-corrected chi connectivity index (χ4v) is 4.90. The van der Waals surface area contributed by atoms with Gasteiger partial charge in [0.1, 0.15) is 11.5 Å². The molecule has 0 atom stereocenters. The molecular formula is C19H23N3O6S. The van der Waals surface area contributed by atoms with Gasteiger partial charge in [-0.1, -0.05) is 18.2 Å². The average molecular weight is 421 g/mol. The quantitative estimate of drug-likeness (QED) is 0.498. The Morgan fingerprint density at radius 2 is 1.72 bits per heavy atom. The summed E-state index contributed by atoms with van der Waals surface area (Å²) in [5.74, 6) is 1.41. The van der Waals surface area contributed by atoms with Gasteiger partial charge in [-0.15, -0.1) is 0 Å². The summed E-state index contributed by atoms with van der Waals surface area (Å²) >= 11 is 0. The first-order valence-electron chi connectivity index (χ1n) is 9.03. The van der Waals surface area contributed by atoms with Crippen LogP contribution >= 0.6 is 0 Å². The molecule has 0 bridgehead atoms. The lowest BCUT2D eigenvalue weighted by Gasteiger charge is -2.34. The first-order valence-corrected chi connectivity index (χ1v) is 10.5. The Hall–Kier alpha value is -2.69. The molecule has 0 aromatic heterocycles. The van der Waals surface area contributed by atoms with Crippen LogP contribution in [0.25, 0.3) is 0 Å². The second-order valence-electron chi connectivity index (χ2n) is 6.58. The van der Waals surface area contributed by atoms with Crippen molar-refractivity contribution in [2.75, 3.05) is 40.4 Å². The topological polar surface area (TPSA) is 102 Å². The number of nitro groups is 1. The lowest BCUT2D eigenvalue weighted by atomic mass is 10.1. The van der Waals surface area contributed by atoms with Crippen LogP contribution in [0.15, 0.2) is 47.4 Å². The zero-order chi connectivity index (χ0) is 21.0. The van der Waals surface area contributed by atoms with Gasteiger partial charge >= 0.3 is 0 Å². The number of nitro benzene ring substituents is 1. The highest BCUT2D eigenvalue weighted by Crippen LogP contribution is 2.28. The van der Waals surface area contributed by atoms with Crippen LogP contribution in [0.3, 0.4) is 0 Å². The maximum atomic E-state index is 12.9. The van der Waals surface area contributed by atoms with E-state index in [1.165, 1.54) is 28.6 Å². The molecule has 1 saturated heterocycles. The van der Waals surface area contributed by atoms with E-state index in [-0.39, 0.29) is 18.0 Å². The molecule has 0 aliphatic carbocycles. The van der Waals surface area contributed by atoms with Crippen molar-refractivity contribution in [3.8, 4) is 11.5 Å². The van der Waals surface area contributed by atoms with Crippen molar-refractivity contribution in [3.63, 3.8) is 0 Å². The average Bonchev–Trinajstić information content (AvgIpc) is 2.74. The largest absolute Gasteiger partial charge is 0.497 e. The zero-order valence-corrected chi connectivity index (χ0v) is 17.1. The summed E-state index contributed by atoms with van der Waals surface area (Å²) in [5, 5.41) is 11.2. The highest BCUT2D eigenvalue weighted by molar-refractivity contribution is 7.89. The van der Waals surface area contributed by atoms with E-state index in [0.29, 0.717) is 31.1 Å². The van der Waals surface area contributed by atoms with E-state index in [1.54, 1.807) is 14.2 Å². The number of methoxy groups -OCH3 is 2. The minimum absolute atomic E-state index is 0.257. The third kappa shape index (κ3) is 4.50. The van der Waals surface area contributed by atoms with Crippen molar-refractivity contribution in [1.82, 2.24) is 9.21 Å². The van der Waals surface area contributed by atoms with E-state index < -0.39 is 20.6 Å². The number of ether oxygens (including phenoxy) is 2. The summed E-state index contributed by atoms with van der Waals surface area (Å²) in [6.07, 6.45) is 0. The highest BCUT2D eigenvalue weighted by atomic mass is 32.2. The number of sulfonamides is 1. The molecule has 10 heteroatoms. The van der Waals surface area contributed by atoms with E-state index in [9.17, 15) is 18.5 Å². The predicted octanol–water partition coefficient (Wildman–Crippen LogP) is 2.12. The zero-order valence-electron chi connectivity index (χ0n) is 16.3. The van der Waals surface area contributed by atoms with Gasteiger partial charge in [0.15, 0.2) is 4.90 Å². The van der Waals surface area contributed by atoms with Crippen molar-refractivity contribution in [1.29, 1.82) is 0 Å². The lowest BCUT2D eigenvalue weighted by Crippen LogP contribution is -2.48. The molecule has 1 aliphatic heterocycles. The summed E-state index contributed by atoms with van der Waals surface area (Å²) in [6, 6.07) is 11.0. The molecule has 1 aliphatic rings. The normalized spacial score (nSPS) is 15.8. The number of benzene rings is 2. The minimum atomic E-state index is -3.93. The lowest BCUT2D eigenvalue weighted by molar-refractivity contribution is -0.387. The molecule has 29 heavy (non-hydrogen) atoms. The molecule has 0 amide bonds. The summed E-state index contributed by atoms with van der Waals surface area (Å²) in [4.78, 5) is 12.4. The predicted molar refractivity (Wildman–Crippen MR) is 107 cm³/mol. The molecule has 156 valence electrons. The molecule has 0 saturated carbocycles. The van der Waals surface area contributed by atoms with E-state index in [2.05, 4.69) is 4.90 Å². The van der Waals surface area contributed by atoms with Gasteiger partial charge in [-0.2, -0.15) is 4.31 Å². The van der Waals surface area contributed by atoms with Gasteiger partial charge < -0.3 is 9.47 Å². The van der Waals surface area contributed by atoms with E-state index in [0.717, 1.165) is 5.56 Å². The molecule has 0 N–H and O–H groups in total. The van der Waals surface area contributed by atoms with Crippen LogP contribution in [-0.2, 0) is 16.6 Å². The van der Waals surface area contributed by atoms with Crippen LogP contribution in [-0.4, -0.2) is 62.9 Å². The third-order valence-electron chi connectivity index (χ3n) is 4.90. The third-order valence-corrected chi connectivity index (χ3v) is 6.85. The Bertz CT molecular complexity index is 987. The Kier molecular flexibility index (Phi) is 6.36. The maximum Gasteiger partial charge on any atom is 0.289 e. The monoisotopic (exact) mass is 421 g/mol. The minimum Gasteiger partial charge on any atom is -0.497 e. The summed E-state index contributed by atoms with van der Waals surface area (Å²) in [7, 11) is -0.751. The van der Waals surface area contributed by atoms with Gasteiger partial charge in [-0.05, 0) is 12.1 Å². The Labute approximate surface area is 169 Å². The maximum absolute atomic E-state index is 12.9. The molecule has 0 radical (unpaired) electrons. The first kappa shape index (κ1) is 21.0. The number of para-hydroxylation sites is 1. The Morgan fingerprint density at radius 3 is 2.34 bits per heavy atom. The fourth-order valence-electron chi connectivity index (χ4n) is 3.32. The number of rotatable bonds is 7. The first-order chi connectivity index (χ1) is 13.9. The van der Waals surface area contributed by atoms with Gasteiger partial charge in [-0.25, -0.2) is 8.42 Å². The van der Waals surface area contributed by atoms with Crippen LogP contribution in [0.1, 0.15) is 5.56 Å². The summed E-state index contributed by atoms with van der Waals surface area (Å²) in [5.41, 5.74) is 0.571. The van der Waals surface area contributed by atoms with Gasteiger partial charge in [0.2, 0.25) is 10.0 Å². The summed E-state index contributed by atoms with van der Waals surface area (Å²) < 4.78 is 37.8. The Morgan fingerprint density at radius 1 is 1.03 bits per heavy atom. The molecular weight excluding hydrogens is 398 g/mol. The molecule has 9 nitrogen and oxygen atoms in total. The van der Waals surface area contributed by atoms with Crippen LogP contribution in [0, 0.1) is 10.1 Å². The molecule has 0 spiro atoms. The second-order valence-corrected chi connectivity index (χ2v) is 8.49. The second kappa shape index (κ2) is 8.76. The van der Waals surface area contributed by atoms with Crippen molar-refractivity contribution in [2.45, 2.75) is 11.4 Å². The van der Waals surface area contributed by atoms with Gasteiger partial charge in [-0.3, -0.25) is 15.0 Å². The van der Waals surface area contributed by atoms with Crippen molar-refractivity contribution < 1.29 is 22.8 Å². The van der Waals surface area contributed by atoms with Gasteiger partial charge in [0.25, 0.3) is 5.69 Å². The van der Waals surface area contributed by atoms with Crippen molar-refractivity contribution in [2.24, 2.45) is 0 Å². The summed E-state index contributed by atoms with van der Waals surface area (Å²) in [6.45, 7) is 2.14. The molecule has 1 fully saturated rings. The highest BCUT2D eigenvalue weighted by Gasteiger charge is 2.33.